The summed E-state index contributed by atoms with van der Waals surface area (Å²) < 4.78 is 30.5. The van der Waals surface area contributed by atoms with Crippen LogP contribution >= 0.6 is 0 Å². The topological polar surface area (TPSA) is 80.2 Å². The predicted molar refractivity (Wildman–Crippen MR) is 67.8 cm³/mol. The SMILES string of the molecule is Cc1cccc(C)c1S(=O)(=O)O.c1cncnc1. The largest absolute Gasteiger partial charge is 0.295 e. The minimum Gasteiger partial charge on any atom is -0.282 e. The van der Waals surface area contributed by atoms with Gasteiger partial charge in [0.15, 0.2) is 0 Å². The summed E-state index contributed by atoms with van der Waals surface area (Å²) in [6, 6.07) is 6.82. The number of hydrogen-bond acceptors (Lipinski definition) is 4. The van der Waals surface area contributed by atoms with Gasteiger partial charge in [-0.1, -0.05) is 18.2 Å². The number of aryl methyl sites for hydroxylation is 2. The molecule has 2 rings (SSSR count). The lowest BCUT2D eigenvalue weighted by atomic mass is 10.2. The highest BCUT2D eigenvalue weighted by Crippen LogP contribution is 2.18. The number of rotatable bonds is 1. The van der Waals surface area contributed by atoms with Crippen LogP contribution in [0, 0.1) is 13.8 Å². The molecule has 0 saturated heterocycles. The molecule has 1 aromatic heterocycles. The Morgan fingerprint density at radius 2 is 1.50 bits per heavy atom. The standard InChI is InChI=1S/C8H10O3S.C4H4N2/c1-6-4-3-5-7(2)8(6)12(9,10)11;1-2-5-4-6-3-1/h3-5H,1-2H3,(H,9,10,11);1-4H. The Labute approximate surface area is 106 Å². The van der Waals surface area contributed by atoms with Crippen molar-refractivity contribution >= 4 is 10.1 Å². The van der Waals surface area contributed by atoms with Gasteiger partial charge >= 0.3 is 0 Å². The molecule has 0 atom stereocenters. The van der Waals surface area contributed by atoms with Crippen LogP contribution in [0.2, 0.25) is 0 Å². The lowest BCUT2D eigenvalue weighted by Gasteiger charge is -2.04. The molecule has 0 aliphatic rings. The third-order valence-electron chi connectivity index (χ3n) is 2.14. The van der Waals surface area contributed by atoms with Gasteiger partial charge in [0.05, 0.1) is 4.90 Å². The molecule has 0 saturated carbocycles. The van der Waals surface area contributed by atoms with E-state index in [1.54, 1.807) is 50.5 Å². The first-order valence-electron chi connectivity index (χ1n) is 5.16. The Morgan fingerprint density at radius 1 is 1.00 bits per heavy atom. The maximum atomic E-state index is 10.8. The first-order valence-corrected chi connectivity index (χ1v) is 6.60. The molecule has 96 valence electrons. The molecular weight excluding hydrogens is 252 g/mol. The Bertz CT molecular complexity index is 551. The van der Waals surface area contributed by atoms with Crippen LogP contribution in [0.3, 0.4) is 0 Å². The number of hydrogen-bond donors (Lipinski definition) is 1. The molecule has 2 aromatic rings. The Hall–Kier alpha value is -1.79. The van der Waals surface area contributed by atoms with Crippen molar-refractivity contribution in [1.29, 1.82) is 0 Å². The fourth-order valence-electron chi connectivity index (χ4n) is 1.46. The maximum absolute atomic E-state index is 10.8. The zero-order valence-corrected chi connectivity index (χ0v) is 10.9. The predicted octanol–water partition coefficient (Wildman–Crippen LogP) is 2.03. The third-order valence-corrected chi connectivity index (χ3v) is 3.30. The van der Waals surface area contributed by atoms with Crippen LogP contribution in [0.15, 0.2) is 47.9 Å². The van der Waals surface area contributed by atoms with Crippen LogP contribution in [0.5, 0.6) is 0 Å². The minimum atomic E-state index is -4.06. The average Bonchev–Trinajstić information content (AvgIpc) is 2.30. The smallest absolute Gasteiger partial charge is 0.282 e. The zero-order chi connectivity index (χ0) is 13.6. The summed E-state index contributed by atoms with van der Waals surface area (Å²) in [6.45, 7) is 3.30. The van der Waals surface area contributed by atoms with E-state index in [4.69, 9.17) is 4.55 Å². The molecule has 5 nitrogen and oxygen atoms in total. The van der Waals surface area contributed by atoms with E-state index >= 15 is 0 Å². The summed E-state index contributed by atoms with van der Waals surface area (Å²) in [5.41, 5.74) is 1.13. The minimum absolute atomic E-state index is 0.0185. The molecule has 1 heterocycles. The summed E-state index contributed by atoms with van der Waals surface area (Å²) >= 11 is 0. The normalized spacial score (nSPS) is 10.4. The zero-order valence-electron chi connectivity index (χ0n) is 10.1. The van der Waals surface area contributed by atoms with Gasteiger partial charge in [-0.25, -0.2) is 9.97 Å². The maximum Gasteiger partial charge on any atom is 0.295 e. The number of benzene rings is 1. The molecular formula is C12H14N2O3S. The van der Waals surface area contributed by atoms with Gasteiger partial charge in [-0.3, -0.25) is 4.55 Å². The molecule has 0 amide bonds. The van der Waals surface area contributed by atoms with Gasteiger partial charge in [-0.05, 0) is 31.0 Å². The van der Waals surface area contributed by atoms with Crippen molar-refractivity contribution in [3.05, 3.63) is 54.1 Å². The second-order valence-corrected chi connectivity index (χ2v) is 4.96. The van der Waals surface area contributed by atoms with Crippen molar-refractivity contribution in [2.45, 2.75) is 18.7 Å². The van der Waals surface area contributed by atoms with E-state index in [1.165, 1.54) is 6.33 Å². The van der Waals surface area contributed by atoms with Crippen molar-refractivity contribution in [2.24, 2.45) is 0 Å². The van der Waals surface area contributed by atoms with Crippen LogP contribution in [-0.2, 0) is 10.1 Å². The molecule has 0 spiro atoms. The third kappa shape index (κ3) is 4.23. The van der Waals surface area contributed by atoms with E-state index < -0.39 is 10.1 Å². The van der Waals surface area contributed by atoms with Gasteiger partial charge in [-0.15, -0.1) is 0 Å². The molecule has 0 fully saturated rings. The Morgan fingerprint density at radius 3 is 1.72 bits per heavy atom. The van der Waals surface area contributed by atoms with E-state index in [2.05, 4.69) is 9.97 Å². The highest BCUT2D eigenvalue weighted by molar-refractivity contribution is 7.86. The first kappa shape index (κ1) is 14.3. The summed E-state index contributed by atoms with van der Waals surface area (Å²) in [7, 11) is -4.06. The summed E-state index contributed by atoms with van der Waals surface area (Å²) in [6.07, 6.45) is 4.88. The van der Waals surface area contributed by atoms with Crippen LogP contribution in [0.1, 0.15) is 11.1 Å². The van der Waals surface area contributed by atoms with Crippen LogP contribution in [0.25, 0.3) is 0 Å². The highest BCUT2D eigenvalue weighted by atomic mass is 32.2. The van der Waals surface area contributed by atoms with Crippen LogP contribution in [0.4, 0.5) is 0 Å². The molecule has 6 heteroatoms. The fourth-order valence-corrected chi connectivity index (χ4v) is 2.41. The van der Waals surface area contributed by atoms with Gasteiger partial charge < -0.3 is 0 Å². The summed E-state index contributed by atoms with van der Waals surface area (Å²) in [4.78, 5) is 7.37. The fraction of sp³-hybridized carbons (Fsp3) is 0.167. The van der Waals surface area contributed by atoms with Crippen molar-refractivity contribution in [3.63, 3.8) is 0 Å². The van der Waals surface area contributed by atoms with Gasteiger partial charge in [0.1, 0.15) is 6.33 Å². The number of nitrogens with zero attached hydrogens (tertiary/aromatic N) is 2. The summed E-state index contributed by atoms with van der Waals surface area (Å²) in [5.74, 6) is 0. The lowest BCUT2D eigenvalue weighted by molar-refractivity contribution is 0.482. The van der Waals surface area contributed by atoms with Gasteiger partial charge in [-0.2, -0.15) is 8.42 Å². The second kappa shape index (κ2) is 6.23. The van der Waals surface area contributed by atoms with E-state index in [1.807, 2.05) is 0 Å². The van der Waals surface area contributed by atoms with Gasteiger partial charge in [0.2, 0.25) is 0 Å². The van der Waals surface area contributed by atoms with E-state index in [0.717, 1.165) is 0 Å². The Balaban J connectivity index is 0.000000225. The Kier molecular flexibility index (Phi) is 4.94. The molecule has 0 unspecified atom stereocenters. The van der Waals surface area contributed by atoms with Crippen molar-refractivity contribution in [3.8, 4) is 0 Å². The summed E-state index contributed by atoms with van der Waals surface area (Å²) in [5, 5.41) is 0. The quantitative estimate of drug-likeness (QED) is 0.799. The highest BCUT2D eigenvalue weighted by Gasteiger charge is 2.14. The second-order valence-electron chi connectivity index (χ2n) is 3.60. The van der Waals surface area contributed by atoms with E-state index in [-0.39, 0.29) is 4.90 Å². The monoisotopic (exact) mass is 266 g/mol. The molecule has 0 bridgehead atoms. The molecule has 1 aromatic carbocycles. The van der Waals surface area contributed by atoms with Crippen LogP contribution < -0.4 is 0 Å². The van der Waals surface area contributed by atoms with Crippen molar-refractivity contribution in [1.82, 2.24) is 9.97 Å². The molecule has 0 radical (unpaired) electrons. The van der Waals surface area contributed by atoms with Crippen LogP contribution in [-0.4, -0.2) is 22.9 Å². The van der Waals surface area contributed by atoms with Gasteiger partial charge in [0, 0.05) is 12.4 Å². The first-order chi connectivity index (χ1) is 8.43. The molecule has 0 aliphatic heterocycles. The molecule has 1 N–H and O–H groups in total. The van der Waals surface area contributed by atoms with Gasteiger partial charge in [0.25, 0.3) is 10.1 Å². The molecule has 18 heavy (non-hydrogen) atoms. The number of aromatic nitrogens is 2. The molecule has 0 aliphatic carbocycles. The van der Waals surface area contributed by atoms with E-state index in [0.29, 0.717) is 11.1 Å². The average molecular weight is 266 g/mol. The van der Waals surface area contributed by atoms with E-state index in [9.17, 15) is 8.42 Å². The lowest BCUT2D eigenvalue weighted by Crippen LogP contribution is -2.03. The van der Waals surface area contributed by atoms with Crippen molar-refractivity contribution in [2.75, 3.05) is 0 Å². The van der Waals surface area contributed by atoms with Crippen molar-refractivity contribution < 1.29 is 13.0 Å².